The minimum atomic E-state index is -0.339. The molecule has 6 atom stereocenters. The zero-order valence-electron chi connectivity index (χ0n) is 14.7. The van der Waals surface area contributed by atoms with Crippen LogP contribution in [0.25, 0.3) is 0 Å². The first-order valence-electron chi connectivity index (χ1n) is 8.72. The quantitative estimate of drug-likeness (QED) is 0.549. The van der Waals surface area contributed by atoms with Crippen LogP contribution < -0.4 is 0 Å². The van der Waals surface area contributed by atoms with Crippen molar-refractivity contribution in [1.29, 1.82) is 0 Å². The molecule has 0 amide bonds. The molecular formula is C19H34OS. The summed E-state index contributed by atoms with van der Waals surface area (Å²) < 4.78 is 0. The summed E-state index contributed by atoms with van der Waals surface area (Å²) in [6.07, 6.45) is 7.47. The summed E-state index contributed by atoms with van der Waals surface area (Å²) in [6, 6.07) is 0. The molecule has 0 aromatic heterocycles. The number of rotatable bonds is 3. The van der Waals surface area contributed by atoms with Gasteiger partial charge in [-0.3, -0.25) is 0 Å². The smallest absolute Gasteiger partial charge is 0.118 e. The molecule has 1 nitrogen and oxygen atoms in total. The molecule has 2 heteroatoms. The first-order valence-corrected chi connectivity index (χ1v) is 9.66. The zero-order valence-corrected chi connectivity index (χ0v) is 15.5. The summed E-state index contributed by atoms with van der Waals surface area (Å²) in [5.41, 5.74) is 1.27. The molecule has 122 valence electrons. The van der Waals surface area contributed by atoms with Crippen molar-refractivity contribution in [3.05, 3.63) is 11.6 Å². The molecule has 0 aromatic rings. The molecule has 21 heavy (non-hydrogen) atoms. The lowest BCUT2D eigenvalue weighted by Gasteiger charge is -2.41. The Morgan fingerprint density at radius 1 is 1.14 bits per heavy atom. The fourth-order valence-electron chi connectivity index (χ4n) is 4.79. The summed E-state index contributed by atoms with van der Waals surface area (Å²) in [7, 11) is 0. The molecule has 1 N–H and O–H groups in total. The normalized spacial score (nSPS) is 40.2. The molecule has 2 saturated carbocycles. The number of aliphatic hydroxyl groups excluding tert-OH is 1. The predicted octanol–water partition coefficient (Wildman–Crippen LogP) is 5.49. The number of hydrogen-bond acceptors (Lipinski definition) is 2. The van der Waals surface area contributed by atoms with Crippen LogP contribution in [0.5, 0.6) is 0 Å². The topological polar surface area (TPSA) is 20.2 Å². The van der Waals surface area contributed by atoms with Crippen LogP contribution in [-0.2, 0) is 0 Å². The van der Waals surface area contributed by atoms with Crippen molar-refractivity contribution < 1.29 is 5.11 Å². The van der Waals surface area contributed by atoms with Crippen molar-refractivity contribution >= 4 is 11.8 Å². The van der Waals surface area contributed by atoms with Crippen LogP contribution in [0.3, 0.4) is 0 Å². The molecule has 2 fully saturated rings. The van der Waals surface area contributed by atoms with E-state index < -0.39 is 0 Å². The molecular weight excluding hydrogens is 276 g/mol. The Bertz CT molecular complexity index is 383. The Morgan fingerprint density at radius 3 is 2.43 bits per heavy atom. The van der Waals surface area contributed by atoms with Crippen LogP contribution >= 0.6 is 11.8 Å². The second-order valence-corrected chi connectivity index (χ2v) is 9.68. The second-order valence-electron chi connectivity index (χ2n) is 8.32. The van der Waals surface area contributed by atoms with E-state index in [4.69, 9.17) is 0 Å². The fourth-order valence-corrected chi connectivity index (χ4v) is 6.36. The number of hydrogen-bond donors (Lipinski definition) is 1. The Morgan fingerprint density at radius 2 is 1.81 bits per heavy atom. The van der Waals surface area contributed by atoms with E-state index in [0.717, 1.165) is 17.8 Å². The summed E-state index contributed by atoms with van der Waals surface area (Å²) in [4.78, 5) is 0. The molecule has 0 aromatic carbocycles. The van der Waals surface area contributed by atoms with Crippen molar-refractivity contribution in [3.63, 3.8) is 0 Å². The molecule has 0 bridgehead atoms. The van der Waals surface area contributed by atoms with Gasteiger partial charge in [-0.15, -0.1) is 11.8 Å². The van der Waals surface area contributed by atoms with Crippen molar-refractivity contribution in [2.24, 2.45) is 29.1 Å². The Labute approximate surface area is 136 Å². The van der Waals surface area contributed by atoms with Gasteiger partial charge in [-0.05, 0) is 68.3 Å². The van der Waals surface area contributed by atoms with Crippen molar-refractivity contribution in [2.45, 2.75) is 77.9 Å². The van der Waals surface area contributed by atoms with Gasteiger partial charge >= 0.3 is 0 Å². The van der Waals surface area contributed by atoms with Crippen LogP contribution in [0, 0.1) is 29.1 Å². The van der Waals surface area contributed by atoms with Gasteiger partial charge in [-0.2, -0.15) is 0 Å². The maximum Gasteiger partial charge on any atom is 0.118 e. The van der Waals surface area contributed by atoms with Crippen LogP contribution in [0.1, 0.15) is 67.2 Å². The fraction of sp³-hybridized carbons (Fsp3) is 0.895. The van der Waals surface area contributed by atoms with Crippen LogP contribution in [0.4, 0.5) is 0 Å². The average molecular weight is 311 g/mol. The van der Waals surface area contributed by atoms with Gasteiger partial charge in [0.05, 0.1) is 0 Å². The van der Waals surface area contributed by atoms with Gasteiger partial charge in [0, 0.05) is 5.25 Å². The predicted molar refractivity (Wildman–Crippen MR) is 94.4 cm³/mol. The third-order valence-electron chi connectivity index (χ3n) is 6.44. The Hall–Kier alpha value is 0.0500. The van der Waals surface area contributed by atoms with Gasteiger partial charge in [-0.25, -0.2) is 0 Å². The third-order valence-corrected chi connectivity index (χ3v) is 7.85. The van der Waals surface area contributed by atoms with E-state index in [9.17, 15) is 5.11 Å². The SMILES string of the molecule is CC(C)=CC(O)SC1CCC2C(C)CCC2C(C)(C)[C@H]1C. The van der Waals surface area contributed by atoms with Crippen molar-refractivity contribution in [2.75, 3.05) is 0 Å². The van der Waals surface area contributed by atoms with E-state index in [-0.39, 0.29) is 5.44 Å². The van der Waals surface area contributed by atoms with Gasteiger partial charge in [0.2, 0.25) is 0 Å². The molecule has 0 heterocycles. The molecule has 2 aliphatic rings. The molecule has 0 spiro atoms. The van der Waals surface area contributed by atoms with Gasteiger partial charge in [0.1, 0.15) is 5.44 Å². The number of fused-ring (bicyclic) bond motifs is 1. The monoisotopic (exact) mass is 310 g/mol. The summed E-state index contributed by atoms with van der Waals surface area (Å²) in [5, 5.41) is 10.9. The highest BCUT2D eigenvalue weighted by molar-refractivity contribution is 8.00. The highest BCUT2D eigenvalue weighted by Gasteiger charge is 2.49. The van der Waals surface area contributed by atoms with E-state index in [1.807, 2.05) is 6.08 Å². The van der Waals surface area contributed by atoms with Gasteiger partial charge in [0.25, 0.3) is 0 Å². The van der Waals surface area contributed by atoms with E-state index >= 15 is 0 Å². The van der Waals surface area contributed by atoms with Crippen molar-refractivity contribution in [3.8, 4) is 0 Å². The van der Waals surface area contributed by atoms with E-state index in [0.29, 0.717) is 16.6 Å². The first kappa shape index (κ1) is 17.4. The van der Waals surface area contributed by atoms with E-state index in [1.165, 1.54) is 31.3 Å². The molecule has 2 aliphatic carbocycles. The lowest BCUT2D eigenvalue weighted by Crippen LogP contribution is -2.36. The summed E-state index contributed by atoms with van der Waals surface area (Å²) in [6.45, 7) is 14.0. The summed E-state index contributed by atoms with van der Waals surface area (Å²) >= 11 is 1.79. The highest BCUT2D eigenvalue weighted by atomic mass is 32.2. The molecule has 5 unspecified atom stereocenters. The maximum absolute atomic E-state index is 10.3. The lowest BCUT2D eigenvalue weighted by atomic mass is 9.66. The Balaban J connectivity index is 2.13. The van der Waals surface area contributed by atoms with Crippen LogP contribution in [0.15, 0.2) is 11.6 Å². The standard InChI is InChI=1S/C19H34OS/c1-12(2)11-18(20)21-17-10-8-15-13(3)7-9-16(15)19(5,6)14(17)4/h11,13-18,20H,7-10H2,1-6H3/t13?,14-,15?,16?,17?,18?/m0/s1. The zero-order chi connectivity index (χ0) is 15.8. The van der Waals surface area contributed by atoms with Gasteiger partial charge < -0.3 is 5.11 Å². The number of thioether (sulfide) groups is 1. The highest BCUT2D eigenvalue weighted by Crippen LogP contribution is 2.56. The van der Waals surface area contributed by atoms with Crippen molar-refractivity contribution in [1.82, 2.24) is 0 Å². The van der Waals surface area contributed by atoms with E-state index in [1.54, 1.807) is 11.8 Å². The summed E-state index contributed by atoms with van der Waals surface area (Å²) in [5.74, 6) is 3.36. The minimum absolute atomic E-state index is 0.339. The minimum Gasteiger partial charge on any atom is -0.379 e. The van der Waals surface area contributed by atoms with Gasteiger partial charge in [0.15, 0.2) is 0 Å². The number of aliphatic hydroxyl groups is 1. The lowest BCUT2D eigenvalue weighted by molar-refractivity contribution is 0.103. The van der Waals surface area contributed by atoms with Gasteiger partial charge in [-0.1, -0.05) is 39.7 Å². The Kier molecular flexibility index (Phi) is 5.52. The molecule has 0 saturated heterocycles. The molecule has 2 rings (SSSR count). The van der Waals surface area contributed by atoms with Crippen LogP contribution in [-0.4, -0.2) is 15.8 Å². The van der Waals surface area contributed by atoms with E-state index in [2.05, 4.69) is 41.5 Å². The first-order chi connectivity index (χ1) is 9.73. The second kappa shape index (κ2) is 6.66. The molecule has 0 radical (unpaired) electrons. The third kappa shape index (κ3) is 3.69. The average Bonchev–Trinajstić information content (AvgIpc) is 2.70. The molecule has 0 aliphatic heterocycles. The maximum atomic E-state index is 10.3. The largest absolute Gasteiger partial charge is 0.379 e. The van der Waals surface area contributed by atoms with Crippen LogP contribution in [0.2, 0.25) is 0 Å². The number of allylic oxidation sites excluding steroid dienone is 1.